The Balaban J connectivity index is 1.75. The van der Waals surface area contributed by atoms with Crippen LogP contribution in [0.1, 0.15) is 20.3 Å². The van der Waals surface area contributed by atoms with Gasteiger partial charge in [0.2, 0.25) is 5.91 Å². The first kappa shape index (κ1) is 22.1. The standard InChI is InChI=1S/C19H30N4O5S/c1-9-15-14(10(2)24)18(25)23(15)16(19(26)27)17(9)29-11-6-12(20-7-11)13(21-28-5)8-22(3)4/h9-12,14-15,20,24H,6-8H2,1-5H3,(H,26,27)/b21-13-/t9-,10-,11-,12?,14?,15?/m1/s1. The number of hydrogen-bond acceptors (Lipinski definition) is 8. The molecule has 3 rings (SSSR count). The SMILES string of the molecule is CO/N=C(/CN(C)C)C1C[C@@H](SC2=C(C(=O)O)N3C(=O)C([C@@H](C)O)C3[C@H]2C)CN1. The van der Waals surface area contributed by atoms with Crippen LogP contribution < -0.4 is 5.32 Å². The molecule has 2 fully saturated rings. The Hall–Kier alpha value is -1.62. The molecule has 10 heteroatoms. The molecule has 0 aromatic rings. The zero-order chi connectivity index (χ0) is 21.5. The largest absolute Gasteiger partial charge is 0.477 e. The van der Waals surface area contributed by atoms with E-state index in [1.165, 1.54) is 23.8 Å². The minimum absolute atomic E-state index is 0.0595. The summed E-state index contributed by atoms with van der Waals surface area (Å²) in [5.74, 6) is -2.03. The number of oxime groups is 1. The molecule has 3 aliphatic heterocycles. The highest BCUT2D eigenvalue weighted by atomic mass is 32.2. The maximum atomic E-state index is 12.5. The van der Waals surface area contributed by atoms with Crippen molar-refractivity contribution < 1.29 is 24.6 Å². The van der Waals surface area contributed by atoms with Gasteiger partial charge in [0.05, 0.1) is 29.8 Å². The first-order chi connectivity index (χ1) is 13.7. The van der Waals surface area contributed by atoms with Crippen LogP contribution in [0.2, 0.25) is 0 Å². The molecular formula is C19H30N4O5S. The number of rotatable bonds is 8. The molecule has 0 bridgehead atoms. The first-order valence-electron chi connectivity index (χ1n) is 9.80. The van der Waals surface area contributed by atoms with Crippen LogP contribution in [-0.2, 0) is 14.4 Å². The van der Waals surface area contributed by atoms with Crippen molar-refractivity contribution in [2.45, 2.75) is 43.7 Å². The number of nitrogens with one attached hydrogen (secondary N) is 1. The molecule has 3 aliphatic rings. The quantitative estimate of drug-likeness (QED) is 0.286. The maximum Gasteiger partial charge on any atom is 0.353 e. The van der Waals surface area contributed by atoms with E-state index in [0.717, 1.165) is 17.0 Å². The summed E-state index contributed by atoms with van der Waals surface area (Å²) in [5, 5.41) is 27.5. The van der Waals surface area contributed by atoms with Gasteiger partial charge in [0.1, 0.15) is 12.8 Å². The number of carbonyl (C=O) groups is 2. The number of aliphatic hydroxyl groups excluding tert-OH is 1. The highest BCUT2D eigenvalue weighted by molar-refractivity contribution is 8.03. The van der Waals surface area contributed by atoms with E-state index in [0.29, 0.717) is 13.1 Å². The van der Waals surface area contributed by atoms with Crippen LogP contribution in [-0.4, -0.2) is 95.3 Å². The molecule has 0 spiro atoms. The second-order valence-corrected chi connectivity index (χ2v) is 9.55. The third kappa shape index (κ3) is 4.03. The molecular weight excluding hydrogens is 396 g/mol. The summed E-state index contributed by atoms with van der Waals surface area (Å²) < 4.78 is 0. The molecule has 3 unspecified atom stereocenters. The summed E-state index contributed by atoms with van der Waals surface area (Å²) in [4.78, 5) is 33.5. The summed E-state index contributed by atoms with van der Waals surface area (Å²) in [6.45, 7) is 4.92. The van der Waals surface area contributed by atoms with Crippen LogP contribution in [0.15, 0.2) is 15.8 Å². The lowest BCUT2D eigenvalue weighted by atomic mass is 9.79. The summed E-state index contributed by atoms with van der Waals surface area (Å²) in [7, 11) is 5.47. The number of nitrogens with zero attached hydrogens (tertiary/aromatic N) is 3. The Kier molecular flexibility index (Phi) is 6.57. The number of carboxylic acid groups (broad SMARTS) is 1. The molecule has 3 N–H and O–H groups in total. The van der Waals surface area contributed by atoms with Crippen LogP contribution >= 0.6 is 11.8 Å². The molecule has 0 radical (unpaired) electrons. The molecule has 6 atom stereocenters. The monoisotopic (exact) mass is 426 g/mol. The van der Waals surface area contributed by atoms with Gasteiger partial charge in [-0.05, 0) is 27.4 Å². The van der Waals surface area contributed by atoms with E-state index in [1.54, 1.807) is 6.92 Å². The second-order valence-electron chi connectivity index (χ2n) is 8.21. The van der Waals surface area contributed by atoms with Gasteiger partial charge in [-0.3, -0.25) is 4.79 Å². The van der Waals surface area contributed by atoms with Gasteiger partial charge in [-0.15, -0.1) is 11.8 Å². The molecule has 0 aromatic heterocycles. The number of fused-ring (bicyclic) bond motifs is 1. The predicted molar refractivity (Wildman–Crippen MR) is 110 cm³/mol. The van der Waals surface area contributed by atoms with Crippen molar-refractivity contribution in [3.8, 4) is 0 Å². The fourth-order valence-electron chi connectivity index (χ4n) is 4.55. The van der Waals surface area contributed by atoms with Gasteiger partial charge >= 0.3 is 5.97 Å². The van der Waals surface area contributed by atoms with Gasteiger partial charge in [0.25, 0.3) is 0 Å². The number of aliphatic hydroxyl groups is 1. The fourth-order valence-corrected chi connectivity index (χ4v) is 6.03. The molecule has 0 aromatic carbocycles. The van der Waals surface area contributed by atoms with Gasteiger partial charge < -0.3 is 30.2 Å². The minimum atomic E-state index is -1.09. The van der Waals surface area contributed by atoms with Crippen LogP contribution in [0.3, 0.4) is 0 Å². The molecule has 162 valence electrons. The minimum Gasteiger partial charge on any atom is -0.477 e. The molecule has 29 heavy (non-hydrogen) atoms. The van der Waals surface area contributed by atoms with Gasteiger partial charge in [-0.2, -0.15) is 0 Å². The molecule has 0 aliphatic carbocycles. The molecule has 2 saturated heterocycles. The Labute approximate surface area is 175 Å². The highest BCUT2D eigenvalue weighted by Crippen LogP contribution is 2.51. The number of thioether (sulfide) groups is 1. The zero-order valence-electron chi connectivity index (χ0n) is 17.5. The lowest BCUT2D eigenvalue weighted by Crippen LogP contribution is -2.63. The number of β-lactam (4-membered cyclic amide) rings is 1. The van der Waals surface area contributed by atoms with Crippen LogP contribution in [0, 0.1) is 11.8 Å². The summed E-state index contributed by atoms with van der Waals surface area (Å²) in [5.41, 5.74) is 0.984. The van der Waals surface area contributed by atoms with Gasteiger partial charge in [0, 0.05) is 29.2 Å². The average Bonchev–Trinajstić information content (AvgIpc) is 3.17. The van der Waals surface area contributed by atoms with Crippen LogP contribution in [0.25, 0.3) is 0 Å². The smallest absolute Gasteiger partial charge is 0.353 e. The zero-order valence-corrected chi connectivity index (χ0v) is 18.3. The second kappa shape index (κ2) is 8.63. The van der Waals surface area contributed by atoms with Crippen molar-refractivity contribution in [3.63, 3.8) is 0 Å². The van der Waals surface area contributed by atoms with E-state index >= 15 is 0 Å². The van der Waals surface area contributed by atoms with Crippen LogP contribution in [0.5, 0.6) is 0 Å². The molecule has 3 heterocycles. The number of amides is 1. The Morgan fingerprint density at radius 2 is 2.17 bits per heavy atom. The van der Waals surface area contributed by atoms with Gasteiger partial charge in [-0.1, -0.05) is 12.1 Å². The van der Waals surface area contributed by atoms with E-state index in [2.05, 4.69) is 10.5 Å². The van der Waals surface area contributed by atoms with Gasteiger partial charge in [-0.25, -0.2) is 4.79 Å². The van der Waals surface area contributed by atoms with Crippen molar-refractivity contribution in [1.82, 2.24) is 15.1 Å². The Bertz CT molecular complexity index is 738. The number of aliphatic carboxylic acids is 1. The maximum absolute atomic E-state index is 12.5. The molecule has 0 saturated carbocycles. The summed E-state index contributed by atoms with van der Waals surface area (Å²) >= 11 is 1.53. The Morgan fingerprint density at radius 3 is 2.72 bits per heavy atom. The number of carboxylic acids is 1. The van der Waals surface area contributed by atoms with E-state index < -0.39 is 18.0 Å². The van der Waals surface area contributed by atoms with Crippen molar-refractivity contribution in [3.05, 3.63) is 10.6 Å². The van der Waals surface area contributed by atoms with Crippen LogP contribution in [0.4, 0.5) is 0 Å². The fraction of sp³-hybridized carbons (Fsp3) is 0.737. The normalized spacial score (nSPS) is 33.2. The van der Waals surface area contributed by atoms with E-state index in [-0.39, 0.29) is 34.9 Å². The van der Waals surface area contributed by atoms with Crippen molar-refractivity contribution in [1.29, 1.82) is 0 Å². The highest BCUT2D eigenvalue weighted by Gasteiger charge is 2.60. The topological polar surface area (TPSA) is 115 Å². The third-order valence-corrected chi connectivity index (χ3v) is 7.30. The van der Waals surface area contributed by atoms with E-state index in [4.69, 9.17) is 4.84 Å². The third-order valence-electron chi connectivity index (χ3n) is 5.78. The first-order valence-corrected chi connectivity index (χ1v) is 10.7. The Morgan fingerprint density at radius 1 is 1.48 bits per heavy atom. The predicted octanol–water partition coefficient (Wildman–Crippen LogP) is 0.168. The van der Waals surface area contributed by atoms with Crippen molar-refractivity contribution >= 4 is 29.4 Å². The van der Waals surface area contributed by atoms with E-state index in [1.807, 2.05) is 25.9 Å². The van der Waals surface area contributed by atoms with Crippen molar-refractivity contribution in [2.75, 3.05) is 34.3 Å². The lowest BCUT2D eigenvalue weighted by molar-refractivity contribution is -0.163. The summed E-state index contributed by atoms with van der Waals surface area (Å²) in [6.07, 6.45) is 0.00407. The van der Waals surface area contributed by atoms with Gasteiger partial charge in [0.15, 0.2) is 0 Å². The molecule has 1 amide bonds. The average molecular weight is 427 g/mol. The lowest BCUT2D eigenvalue weighted by Gasteiger charge is -2.46. The van der Waals surface area contributed by atoms with Crippen molar-refractivity contribution in [2.24, 2.45) is 17.0 Å². The van der Waals surface area contributed by atoms with E-state index in [9.17, 15) is 19.8 Å². The molecule has 9 nitrogen and oxygen atoms in total. The summed E-state index contributed by atoms with van der Waals surface area (Å²) in [6, 6.07) is -0.218. The number of hydrogen-bond donors (Lipinski definition) is 3. The number of carbonyl (C=O) groups excluding carboxylic acids is 1.